The summed E-state index contributed by atoms with van der Waals surface area (Å²) in [5.74, 6) is 2.33. The molecule has 1 saturated heterocycles. The number of hydrogen-bond acceptors (Lipinski definition) is 2. The lowest BCUT2D eigenvalue weighted by Gasteiger charge is -2.25. The van der Waals surface area contributed by atoms with Crippen molar-refractivity contribution in [3.8, 4) is 0 Å². The van der Waals surface area contributed by atoms with Crippen molar-refractivity contribution in [1.82, 2.24) is 0 Å². The van der Waals surface area contributed by atoms with Gasteiger partial charge in [-0.05, 0) is 19.3 Å². The second-order valence-electron chi connectivity index (χ2n) is 3.56. The second-order valence-corrected chi connectivity index (χ2v) is 5.60. The lowest BCUT2D eigenvalue weighted by molar-refractivity contribution is -0.133. The highest BCUT2D eigenvalue weighted by Crippen LogP contribution is 2.34. The van der Waals surface area contributed by atoms with Crippen molar-refractivity contribution < 1.29 is 8.98 Å². The summed E-state index contributed by atoms with van der Waals surface area (Å²) in [6.45, 7) is 2.10. The number of thiol groups is 1. The van der Waals surface area contributed by atoms with Gasteiger partial charge < -0.3 is 4.18 Å². The molecule has 1 heterocycles. The molecule has 2 nitrogen and oxygen atoms in total. The van der Waals surface area contributed by atoms with E-state index in [-0.39, 0.29) is 17.1 Å². The fourth-order valence-electron chi connectivity index (χ4n) is 1.47. The molecule has 0 aromatic carbocycles. The Kier molecular flexibility index (Phi) is 5.28. The van der Waals surface area contributed by atoms with Crippen LogP contribution in [0.15, 0.2) is 0 Å². The van der Waals surface area contributed by atoms with E-state index in [4.69, 9.17) is 4.18 Å². The van der Waals surface area contributed by atoms with Gasteiger partial charge in [-0.15, -0.1) is 11.2 Å². The maximum Gasteiger partial charge on any atom is 0.315 e. The molecule has 1 aliphatic heterocycles. The molecule has 3 heteroatoms. The van der Waals surface area contributed by atoms with Gasteiger partial charge in [-0.25, -0.2) is 0 Å². The molecule has 0 aromatic rings. The van der Waals surface area contributed by atoms with E-state index in [9.17, 15) is 4.79 Å². The van der Waals surface area contributed by atoms with E-state index in [0.29, 0.717) is 6.42 Å². The first-order chi connectivity index (χ1) is 6.33. The molecule has 13 heavy (non-hydrogen) atoms. The highest BCUT2D eigenvalue weighted by Gasteiger charge is 2.13. The first-order valence-electron chi connectivity index (χ1n) is 5.28. The summed E-state index contributed by atoms with van der Waals surface area (Å²) in [4.78, 5) is 11.3. The number of hydrogen-bond donors (Lipinski definition) is 1. The largest absolute Gasteiger partial charge is 0.418 e. The lowest BCUT2D eigenvalue weighted by Crippen LogP contribution is -2.10. The van der Waals surface area contributed by atoms with Crippen LogP contribution in [0.3, 0.4) is 0 Å². The molecule has 0 radical (unpaired) electrons. The molecule has 0 bridgehead atoms. The summed E-state index contributed by atoms with van der Waals surface area (Å²) in [5.41, 5.74) is 0. The number of rotatable bonds is 4. The van der Waals surface area contributed by atoms with E-state index >= 15 is 0 Å². The summed E-state index contributed by atoms with van der Waals surface area (Å²) >= 11 is -0.377. The lowest BCUT2D eigenvalue weighted by atomic mass is 10.3. The van der Waals surface area contributed by atoms with Gasteiger partial charge >= 0.3 is 5.97 Å². The fraction of sp³-hybridized carbons (Fsp3) is 0.900. The molecule has 1 fully saturated rings. The molecule has 78 valence electrons. The summed E-state index contributed by atoms with van der Waals surface area (Å²) in [7, 11) is 0. The van der Waals surface area contributed by atoms with Crippen molar-refractivity contribution in [3.05, 3.63) is 0 Å². The van der Waals surface area contributed by atoms with E-state index < -0.39 is 0 Å². The van der Waals surface area contributed by atoms with Gasteiger partial charge in [-0.1, -0.05) is 19.8 Å². The van der Waals surface area contributed by atoms with Crippen LogP contribution in [0.1, 0.15) is 45.4 Å². The standard InChI is InChI=1S/C10H20O2S/c1-2-3-7-10(11)12-13-8-5-4-6-9-13/h13H,2-9H2,1H3. The van der Waals surface area contributed by atoms with E-state index in [1.54, 1.807) is 0 Å². The van der Waals surface area contributed by atoms with Gasteiger partial charge in [0, 0.05) is 17.9 Å². The van der Waals surface area contributed by atoms with E-state index in [2.05, 4.69) is 6.92 Å². The van der Waals surface area contributed by atoms with Crippen LogP contribution in [-0.4, -0.2) is 17.5 Å². The maximum atomic E-state index is 11.3. The molecule has 0 unspecified atom stereocenters. The summed E-state index contributed by atoms with van der Waals surface area (Å²) in [6.07, 6.45) is 6.51. The third-order valence-electron chi connectivity index (χ3n) is 2.28. The SMILES string of the molecule is CCCCC(=O)O[SH]1CCCCC1. The van der Waals surface area contributed by atoms with Crippen molar-refractivity contribution in [3.63, 3.8) is 0 Å². The van der Waals surface area contributed by atoms with Gasteiger partial charge in [0.25, 0.3) is 0 Å². The zero-order valence-corrected chi connectivity index (χ0v) is 9.31. The Balaban J connectivity index is 2.11. The first-order valence-corrected chi connectivity index (χ1v) is 6.91. The van der Waals surface area contributed by atoms with Crippen LogP contribution in [0.2, 0.25) is 0 Å². The van der Waals surface area contributed by atoms with Crippen LogP contribution in [0, 0.1) is 0 Å². The van der Waals surface area contributed by atoms with Gasteiger partial charge in [-0.2, -0.15) is 0 Å². The molecule has 0 saturated carbocycles. The Labute approximate surface area is 83.6 Å². The van der Waals surface area contributed by atoms with Gasteiger partial charge in [0.05, 0.1) is 0 Å². The quantitative estimate of drug-likeness (QED) is 0.713. The third-order valence-corrected chi connectivity index (χ3v) is 4.37. The smallest absolute Gasteiger partial charge is 0.315 e. The minimum absolute atomic E-state index is 0.0369. The Bertz CT molecular complexity index is 153. The van der Waals surface area contributed by atoms with Crippen LogP contribution in [-0.2, 0) is 8.98 Å². The Morgan fingerprint density at radius 2 is 2.00 bits per heavy atom. The molecular weight excluding hydrogens is 184 g/mol. The van der Waals surface area contributed by atoms with Crippen molar-refractivity contribution in [2.75, 3.05) is 11.5 Å². The zero-order valence-electron chi connectivity index (χ0n) is 8.42. The Hall–Kier alpha value is -0.180. The van der Waals surface area contributed by atoms with Crippen molar-refractivity contribution in [1.29, 1.82) is 0 Å². The maximum absolute atomic E-state index is 11.3. The molecule has 1 rings (SSSR count). The Morgan fingerprint density at radius 3 is 2.62 bits per heavy atom. The van der Waals surface area contributed by atoms with Crippen LogP contribution < -0.4 is 0 Å². The van der Waals surface area contributed by atoms with Crippen LogP contribution in [0.25, 0.3) is 0 Å². The summed E-state index contributed by atoms with van der Waals surface area (Å²) in [6, 6.07) is 0. The predicted octanol–water partition coefficient (Wildman–Crippen LogP) is 2.82. The van der Waals surface area contributed by atoms with Gasteiger partial charge in [0.2, 0.25) is 0 Å². The Morgan fingerprint density at radius 1 is 1.31 bits per heavy atom. The molecule has 0 atom stereocenters. The summed E-state index contributed by atoms with van der Waals surface area (Å²) in [5, 5.41) is 0. The van der Waals surface area contributed by atoms with Crippen molar-refractivity contribution in [2.45, 2.75) is 45.4 Å². The molecule has 0 aliphatic carbocycles. The fourth-order valence-corrected chi connectivity index (χ4v) is 3.41. The number of unbranched alkanes of at least 4 members (excludes halogenated alkanes) is 1. The van der Waals surface area contributed by atoms with Gasteiger partial charge in [0.15, 0.2) is 0 Å². The van der Waals surface area contributed by atoms with Crippen LogP contribution >= 0.6 is 11.2 Å². The number of carbonyl (C=O) groups excluding carboxylic acids is 1. The molecule has 0 spiro atoms. The first kappa shape index (κ1) is 10.9. The van der Waals surface area contributed by atoms with Crippen LogP contribution in [0.4, 0.5) is 0 Å². The van der Waals surface area contributed by atoms with E-state index in [0.717, 1.165) is 24.3 Å². The third kappa shape index (κ3) is 4.55. The van der Waals surface area contributed by atoms with Gasteiger partial charge in [0.1, 0.15) is 0 Å². The minimum atomic E-state index is -0.377. The molecule has 0 N–H and O–H groups in total. The molecule has 1 aliphatic rings. The number of carbonyl (C=O) groups is 1. The monoisotopic (exact) mass is 204 g/mol. The summed E-state index contributed by atoms with van der Waals surface area (Å²) < 4.78 is 5.42. The highest BCUT2D eigenvalue weighted by atomic mass is 32.2. The average molecular weight is 204 g/mol. The second kappa shape index (κ2) is 6.30. The molecular formula is C10H20O2S. The van der Waals surface area contributed by atoms with E-state index in [1.165, 1.54) is 19.3 Å². The molecule has 0 amide bonds. The normalized spacial score (nSPS) is 19.9. The highest BCUT2D eigenvalue weighted by molar-refractivity contribution is 8.13. The topological polar surface area (TPSA) is 26.3 Å². The minimum Gasteiger partial charge on any atom is -0.418 e. The average Bonchev–Trinajstić information content (AvgIpc) is 2.16. The van der Waals surface area contributed by atoms with Crippen molar-refractivity contribution in [2.24, 2.45) is 0 Å². The van der Waals surface area contributed by atoms with Crippen LogP contribution in [0.5, 0.6) is 0 Å². The molecule has 0 aromatic heterocycles. The van der Waals surface area contributed by atoms with Gasteiger partial charge in [-0.3, -0.25) is 4.79 Å². The zero-order chi connectivity index (χ0) is 9.52. The van der Waals surface area contributed by atoms with Crippen molar-refractivity contribution >= 4 is 17.1 Å². The predicted molar refractivity (Wildman–Crippen MR) is 58.2 cm³/mol. The van der Waals surface area contributed by atoms with E-state index in [1.807, 2.05) is 0 Å².